The van der Waals surface area contributed by atoms with Gasteiger partial charge in [-0.25, -0.2) is 4.79 Å². The molecule has 0 aromatic heterocycles. The molecular formula is C27H42N2O5S. The second kappa shape index (κ2) is 10.1. The van der Waals surface area contributed by atoms with Gasteiger partial charge in [0.05, 0.1) is 11.3 Å². The van der Waals surface area contributed by atoms with Crippen LogP contribution in [0.3, 0.4) is 0 Å². The molecular weight excluding hydrogens is 464 g/mol. The summed E-state index contributed by atoms with van der Waals surface area (Å²) in [7, 11) is 0. The number of rotatable bonds is 8. The Hall–Kier alpha value is -1.54. The number of carbonyl (C=O) groups is 2. The smallest absolute Gasteiger partial charge is 0.326 e. The number of carboxylic acid groups (broad SMARTS) is 1. The first-order valence-corrected chi connectivity index (χ1v) is 14.5. The predicted molar refractivity (Wildman–Crippen MR) is 138 cm³/mol. The van der Waals surface area contributed by atoms with E-state index in [0.717, 1.165) is 44.2 Å². The quantitative estimate of drug-likeness (QED) is 0.421. The molecule has 3 saturated carbocycles. The first kappa shape index (κ1) is 26.5. The third-order valence-corrected chi connectivity index (χ3v) is 10.8. The summed E-state index contributed by atoms with van der Waals surface area (Å²) in [4.78, 5) is 28.8. The molecule has 0 radical (unpaired) electrons. The highest BCUT2D eigenvalue weighted by molar-refractivity contribution is 7.98. The lowest BCUT2D eigenvalue weighted by Gasteiger charge is -2.59. The molecule has 4 aliphatic carbocycles. The van der Waals surface area contributed by atoms with Crippen molar-refractivity contribution in [3.05, 3.63) is 11.6 Å². The van der Waals surface area contributed by atoms with Gasteiger partial charge in [0.1, 0.15) is 6.04 Å². The number of allylic oxidation sites excluding steroid dienone is 2. The SMILES string of the molecule is CSCCC(NC(=O)CO/N=C1/C=C2CC[C@H]3C(CC[C@]4(C)C3CC[C@@]4(C)O)[C@]2(C)CC1)C(=O)O. The van der Waals surface area contributed by atoms with Gasteiger partial charge < -0.3 is 20.4 Å². The summed E-state index contributed by atoms with van der Waals surface area (Å²) in [5, 5.41) is 27.1. The van der Waals surface area contributed by atoms with Crippen LogP contribution >= 0.6 is 11.8 Å². The summed E-state index contributed by atoms with van der Waals surface area (Å²) in [6.45, 7) is 6.53. The normalized spacial score (nSPS) is 40.2. The topological polar surface area (TPSA) is 108 Å². The van der Waals surface area contributed by atoms with Gasteiger partial charge in [-0.3, -0.25) is 4.79 Å². The summed E-state index contributed by atoms with van der Waals surface area (Å²) in [6, 6.07) is -0.903. The number of carbonyl (C=O) groups excluding carboxylic acids is 1. The van der Waals surface area contributed by atoms with Gasteiger partial charge >= 0.3 is 5.97 Å². The number of fused-ring (bicyclic) bond motifs is 5. The lowest BCUT2D eigenvalue weighted by atomic mass is 9.46. The number of nitrogens with zero attached hydrogens (tertiary/aromatic N) is 1. The van der Waals surface area contributed by atoms with Crippen LogP contribution in [0, 0.1) is 28.6 Å². The van der Waals surface area contributed by atoms with Crippen molar-refractivity contribution in [3.8, 4) is 0 Å². The van der Waals surface area contributed by atoms with Crippen LogP contribution in [0.5, 0.6) is 0 Å². The summed E-state index contributed by atoms with van der Waals surface area (Å²) in [6.07, 6.45) is 12.9. The zero-order chi connectivity index (χ0) is 25.4. The van der Waals surface area contributed by atoms with E-state index in [9.17, 15) is 19.8 Å². The molecule has 3 fully saturated rings. The molecule has 196 valence electrons. The van der Waals surface area contributed by atoms with E-state index in [1.165, 1.54) is 18.4 Å². The predicted octanol–water partition coefficient (Wildman–Crippen LogP) is 4.40. The van der Waals surface area contributed by atoms with Crippen molar-refractivity contribution in [2.24, 2.45) is 33.7 Å². The molecule has 3 unspecified atom stereocenters. The number of nitrogens with one attached hydrogen (secondary N) is 1. The number of hydrogen-bond acceptors (Lipinski definition) is 6. The molecule has 7 nitrogen and oxygen atoms in total. The van der Waals surface area contributed by atoms with Crippen molar-refractivity contribution in [2.45, 2.75) is 90.2 Å². The Morgan fingerprint density at radius 1 is 1.17 bits per heavy atom. The Labute approximate surface area is 213 Å². The highest BCUT2D eigenvalue weighted by atomic mass is 32.2. The van der Waals surface area contributed by atoms with E-state index in [-0.39, 0.29) is 17.4 Å². The van der Waals surface area contributed by atoms with Crippen molar-refractivity contribution >= 4 is 29.4 Å². The Morgan fingerprint density at radius 2 is 1.91 bits per heavy atom. The van der Waals surface area contributed by atoms with Crippen LogP contribution in [0.1, 0.15) is 78.6 Å². The Bertz CT molecular complexity index is 902. The van der Waals surface area contributed by atoms with Gasteiger partial charge in [-0.1, -0.05) is 24.6 Å². The van der Waals surface area contributed by atoms with Gasteiger partial charge in [0.2, 0.25) is 0 Å². The number of oxime groups is 1. The third-order valence-electron chi connectivity index (χ3n) is 10.2. The second-order valence-electron chi connectivity index (χ2n) is 11.9. The number of amides is 1. The molecule has 0 aliphatic heterocycles. The molecule has 4 aliphatic rings. The largest absolute Gasteiger partial charge is 0.480 e. The monoisotopic (exact) mass is 506 g/mol. The Kier molecular flexibility index (Phi) is 7.64. The van der Waals surface area contributed by atoms with Crippen LogP contribution < -0.4 is 5.32 Å². The van der Waals surface area contributed by atoms with E-state index in [1.54, 1.807) is 11.8 Å². The van der Waals surface area contributed by atoms with Gasteiger partial charge in [-0.15, -0.1) is 0 Å². The number of thioether (sulfide) groups is 1. The molecule has 0 bridgehead atoms. The fourth-order valence-electron chi connectivity index (χ4n) is 7.79. The molecule has 4 rings (SSSR count). The fraction of sp³-hybridized carbons (Fsp3) is 0.815. The number of aliphatic carboxylic acids is 1. The zero-order valence-electron chi connectivity index (χ0n) is 21.6. The molecule has 0 aromatic carbocycles. The summed E-state index contributed by atoms with van der Waals surface area (Å²) >= 11 is 1.55. The van der Waals surface area contributed by atoms with Crippen LogP contribution in [0.4, 0.5) is 0 Å². The number of aliphatic hydroxyl groups is 1. The van der Waals surface area contributed by atoms with Crippen molar-refractivity contribution < 1.29 is 24.6 Å². The van der Waals surface area contributed by atoms with Gasteiger partial charge in [0.25, 0.3) is 5.91 Å². The van der Waals surface area contributed by atoms with Gasteiger partial charge in [0.15, 0.2) is 6.61 Å². The van der Waals surface area contributed by atoms with Crippen LogP contribution in [0.15, 0.2) is 16.8 Å². The Morgan fingerprint density at radius 3 is 2.63 bits per heavy atom. The minimum atomic E-state index is -1.03. The van der Waals surface area contributed by atoms with E-state index in [0.29, 0.717) is 29.9 Å². The fourth-order valence-corrected chi connectivity index (χ4v) is 8.26. The second-order valence-corrected chi connectivity index (χ2v) is 12.9. The summed E-state index contributed by atoms with van der Waals surface area (Å²) in [5.41, 5.74) is 1.98. The molecule has 3 N–H and O–H groups in total. The average molecular weight is 507 g/mol. The van der Waals surface area contributed by atoms with Crippen molar-refractivity contribution in [2.75, 3.05) is 18.6 Å². The minimum Gasteiger partial charge on any atom is -0.480 e. The third kappa shape index (κ3) is 4.89. The summed E-state index contributed by atoms with van der Waals surface area (Å²) in [5.74, 6) is 1.10. The highest BCUT2D eigenvalue weighted by Crippen LogP contribution is 2.67. The zero-order valence-corrected chi connectivity index (χ0v) is 22.5. The maximum Gasteiger partial charge on any atom is 0.326 e. The molecule has 0 aromatic rings. The van der Waals surface area contributed by atoms with E-state index >= 15 is 0 Å². The standard InChI is InChI=1S/C27H42N2O5S/c1-25-11-7-18(29-34-16-23(30)28-22(24(31)32)10-14-35-4)15-17(25)5-6-19-20(25)8-12-26(2)21(19)9-13-27(26,3)33/h15,19-22,33H,5-14,16H2,1-4H3,(H,28,30)(H,31,32)/b29-18+/t19-,20?,21?,22?,25+,26+,27+/m0/s1. The average Bonchev–Trinajstić information content (AvgIpc) is 3.05. The maximum atomic E-state index is 12.2. The maximum absolute atomic E-state index is 12.2. The lowest BCUT2D eigenvalue weighted by molar-refractivity contribution is -0.142. The van der Waals surface area contributed by atoms with Crippen LogP contribution in [0.2, 0.25) is 0 Å². The molecule has 0 heterocycles. The van der Waals surface area contributed by atoms with E-state index in [4.69, 9.17) is 4.84 Å². The number of carboxylic acids is 1. The first-order valence-electron chi connectivity index (χ1n) is 13.2. The molecule has 7 atom stereocenters. The van der Waals surface area contributed by atoms with Crippen molar-refractivity contribution in [3.63, 3.8) is 0 Å². The van der Waals surface area contributed by atoms with Gasteiger partial charge in [-0.05, 0) is 111 Å². The first-order chi connectivity index (χ1) is 16.5. The molecule has 0 saturated heterocycles. The molecule has 0 spiro atoms. The van der Waals surface area contributed by atoms with Crippen molar-refractivity contribution in [1.29, 1.82) is 0 Å². The van der Waals surface area contributed by atoms with Gasteiger partial charge in [0, 0.05) is 0 Å². The minimum absolute atomic E-state index is 0.0382. The summed E-state index contributed by atoms with van der Waals surface area (Å²) < 4.78 is 0. The van der Waals surface area contributed by atoms with Crippen LogP contribution in [0.25, 0.3) is 0 Å². The van der Waals surface area contributed by atoms with E-state index < -0.39 is 23.5 Å². The Balaban J connectivity index is 1.37. The molecule has 8 heteroatoms. The molecule has 35 heavy (non-hydrogen) atoms. The number of hydrogen-bond donors (Lipinski definition) is 3. The highest BCUT2D eigenvalue weighted by Gasteiger charge is 2.62. The van der Waals surface area contributed by atoms with Gasteiger partial charge in [-0.2, -0.15) is 11.8 Å². The van der Waals surface area contributed by atoms with E-state index in [1.807, 2.05) is 6.26 Å². The van der Waals surface area contributed by atoms with E-state index in [2.05, 4.69) is 37.3 Å². The molecule has 1 amide bonds. The van der Waals surface area contributed by atoms with Crippen LogP contribution in [-0.2, 0) is 14.4 Å². The van der Waals surface area contributed by atoms with Crippen LogP contribution in [-0.4, -0.2) is 58.1 Å². The van der Waals surface area contributed by atoms with Crippen molar-refractivity contribution in [1.82, 2.24) is 5.32 Å². The lowest BCUT2D eigenvalue weighted by Crippen LogP contribution is -2.53.